The molecule has 2 fully saturated rings. The molecule has 2 aromatic rings. The summed E-state index contributed by atoms with van der Waals surface area (Å²) in [5.74, 6) is -1.72. The van der Waals surface area contributed by atoms with Crippen LogP contribution >= 0.6 is 23.5 Å². The first-order valence-electron chi connectivity index (χ1n) is 9.07. The number of amides is 1. The lowest BCUT2D eigenvalue weighted by atomic mass is 9.93. The molecule has 0 spiro atoms. The van der Waals surface area contributed by atoms with Crippen molar-refractivity contribution in [2.75, 3.05) is 6.61 Å². The van der Waals surface area contributed by atoms with E-state index in [1.165, 1.54) is 28.4 Å². The van der Waals surface area contributed by atoms with Gasteiger partial charge in [0.1, 0.15) is 0 Å². The quantitative estimate of drug-likeness (QED) is 0.522. The summed E-state index contributed by atoms with van der Waals surface area (Å²) in [4.78, 5) is 26.3. The average molecular weight is 417 g/mol. The van der Waals surface area contributed by atoms with Crippen LogP contribution < -0.4 is 9.67 Å². The van der Waals surface area contributed by atoms with Gasteiger partial charge in [-0.05, 0) is 18.6 Å². The number of aliphatic hydroxyl groups excluding tert-OH is 1. The lowest BCUT2D eigenvalue weighted by molar-refractivity contribution is -0.688. The molecule has 0 bridgehead atoms. The number of pyridine rings is 1. The van der Waals surface area contributed by atoms with E-state index < -0.39 is 12.0 Å². The van der Waals surface area contributed by atoms with E-state index in [9.17, 15) is 14.7 Å². The van der Waals surface area contributed by atoms with Crippen molar-refractivity contribution in [3.05, 3.63) is 60.4 Å². The van der Waals surface area contributed by atoms with Crippen LogP contribution in [0.2, 0.25) is 0 Å². The summed E-state index contributed by atoms with van der Waals surface area (Å²) in [6.45, 7) is 0.689. The van der Waals surface area contributed by atoms with Gasteiger partial charge in [0.25, 0.3) is 0 Å². The van der Waals surface area contributed by atoms with E-state index in [0.29, 0.717) is 6.42 Å². The Hall–Kier alpha value is -2.03. The highest BCUT2D eigenvalue weighted by Gasteiger charge is 2.58. The number of carboxylic acids is 1. The van der Waals surface area contributed by atoms with E-state index in [4.69, 9.17) is 5.11 Å². The predicted molar refractivity (Wildman–Crippen MR) is 104 cm³/mol. The summed E-state index contributed by atoms with van der Waals surface area (Å²) in [5.41, 5.74) is 1.15. The van der Waals surface area contributed by atoms with Crippen LogP contribution in [0.15, 0.2) is 59.8 Å². The maximum Gasteiger partial charge on any atom is 0.230 e. The van der Waals surface area contributed by atoms with Gasteiger partial charge in [0.05, 0.1) is 27.9 Å². The van der Waals surface area contributed by atoms with Crippen molar-refractivity contribution in [1.29, 1.82) is 0 Å². The number of hydrogen-bond acceptors (Lipinski definition) is 6. The Bertz CT molecular complexity index is 862. The number of carbonyl (C=O) groups excluding carboxylic acids is 2. The van der Waals surface area contributed by atoms with Crippen LogP contribution in [0.4, 0.5) is 0 Å². The second-order valence-corrected chi connectivity index (χ2v) is 9.61. The summed E-state index contributed by atoms with van der Waals surface area (Å²) in [5, 5.41) is 20.6. The molecule has 0 aliphatic carbocycles. The molecule has 0 radical (unpaired) electrons. The third-order valence-corrected chi connectivity index (χ3v) is 8.04. The van der Waals surface area contributed by atoms with Gasteiger partial charge in [-0.15, -0.1) is 23.5 Å². The van der Waals surface area contributed by atoms with E-state index >= 15 is 0 Å². The standard InChI is InChI=1S/C20H20N2O4S2/c23-11-8-15-17(24)22-16(19(25)26)20(28-18(15)22)27-14-6-4-13(5-7-14)12-21-9-2-1-3-10-21/h1-7,9-10,15-16,18,20,23H,8,11-12H2/t15-,16?,18?,20?/m0/s1. The van der Waals surface area contributed by atoms with E-state index in [1.54, 1.807) is 0 Å². The number of rotatable bonds is 7. The van der Waals surface area contributed by atoms with Crippen LogP contribution in [0.1, 0.15) is 12.0 Å². The zero-order valence-electron chi connectivity index (χ0n) is 15.0. The number of aliphatic carboxylic acids is 1. The van der Waals surface area contributed by atoms with Crippen molar-refractivity contribution < 1.29 is 24.4 Å². The Morgan fingerprint density at radius 2 is 1.93 bits per heavy atom. The normalized spacial score (nSPS) is 26.0. The molecule has 8 heteroatoms. The third kappa shape index (κ3) is 3.64. The van der Waals surface area contributed by atoms with Gasteiger partial charge in [-0.25, -0.2) is 4.57 Å². The minimum absolute atomic E-state index is 0.0734. The minimum Gasteiger partial charge on any atom is -0.548 e. The number of benzene rings is 1. The Morgan fingerprint density at radius 1 is 1.21 bits per heavy atom. The van der Waals surface area contributed by atoms with Crippen molar-refractivity contribution in [2.45, 2.75) is 33.9 Å². The van der Waals surface area contributed by atoms with Crippen LogP contribution in [0, 0.1) is 5.92 Å². The number of carbonyl (C=O) groups is 2. The molecular formula is C20H20N2O4S2. The molecule has 3 heterocycles. The molecule has 2 saturated heterocycles. The van der Waals surface area contributed by atoms with E-state index in [-0.39, 0.29) is 28.4 Å². The van der Waals surface area contributed by atoms with Crippen molar-refractivity contribution >= 4 is 35.4 Å². The van der Waals surface area contributed by atoms with Gasteiger partial charge in [0.15, 0.2) is 18.9 Å². The molecule has 2 aliphatic heterocycles. The smallest absolute Gasteiger partial charge is 0.230 e. The van der Waals surface area contributed by atoms with Gasteiger partial charge in [0, 0.05) is 29.2 Å². The Kier molecular flexibility index (Phi) is 5.61. The number of nitrogens with zero attached hydrogens (tertiary/aromatic N) is 2. The number of aromatic nitrogens is 1. The summed E-state index contributed by atoms with van der Waals surface area (Å²) >= 11 is 2.93. The molecule has 1 aromatic heterocycles. The number of hydrogen-bond donors (Lipinski definition) is 1. The highest BCUT2D eigenvalue weighted by Crippen LogP contribution is 2.53. The van der Waals surface area contributed by atoms with Gasteiger partial charge in [-0.1, -0.05) is 18.2 Å². The molecule has 146 valence electrons. The number of thioether (sulfide) groups is 2. The van der Waals surface area contributed by atoms with Crippen LogP contribution in [0.3, 0.4) is 0 Å². The molecule has 6 nitrogen and oxygen atoms in total. The fourth-order valence-electron chi connectivity index (χ4n) is 3.63. The first-order valence-corrected chi connectivity index (χ1v) is 10.9. The van der Waals surface area contributed by atoms with Crippen molar-refractivity contribution in [3.8, 4) is 0 Å². The highest BCUT2D eigenvalue weighted by atomic mass is 32.2. The number of fused-ring (bicyclic) bond motifs is 1. The maximum absolute atomic E-state index is 12.3. The zero-order chi connectivity index (χ0) is 19.7. The second kappa shape index (κ2) is 8.14. The fourth-order valence-corrected chi connectivity index (χ4v) is 6.93. The summed E-state index contributed by atoms with van der Waals surface area (Å²) in [7, 11) is 0. The first-order chi connectivity index (χ1) is 13.6. The number of β-lactam (4-membered cyclic amide) rings is 1. The molecule has 28 heavy (non-hydrogen) atoms. The Morgan fingerprint density at radius 3 is 2.57 bits per heavy atom. The summed E-state index contributed by atoms with van der Waals surface area (Å²) in [6, 6.07) is 13.0. The van der Waals surface area contributed by atoms with Crippen molar-refractivity contribution in [1.82, 2.24) is 4.90 Å². The molecule has 1 N–H and O–H groups in total. The van der Waals surface area contributed by atoms with Crippen LogP contribution in [-0.2, 0) is 16.1 Å². The van der Waals surface area contributed by atoms with E-state index in [2.05, 4.69) is 4.57 Å². The SMILES string of the molecule is O=C([O-])C1C(Sc2ccc(C[n+]3ccccc3)cc2)SC2[C@@H](CCO)C(=O)N12. The van der Waals surface area contributed by atoms with Crippen LogP contribution in [-0.4, -0.2) is 44.5 Å². The number of carboxylic acid groups (broad SMARTS) is 1. The molecule has 1 aromatic carbocycles. The lowest BCUT2D eigenvalue weighted by Crippen LogP contribution is -2.63. The lowest BCUT2D eigenvalue weighted by Gasteiger charge is -2.44. The second-order valence-electron chi connectivity index (χ2n) is 6.83. The fraction of sp³-hybridized carbons (Fsp3) is 0.350. The topological polar surface area (TPSA) is 84.5 Å². The monoisotopic (exact) mass is 416 g/mol. The van der Waals surface area contributed by atoms with Crippen LogP contribution in [0.5, 0.6) is 0 Å². The molecule has 3 unspecified atom stereocenters. The number of aliphatic hydroxyl groups is 1. The molecule has 0 saturated carbocycles. The third-order valence-electron chi connectivity index (χ3n) is 5.02. The summed E-state index contributed by atoms with van der Waals surface area (Å²) < 4.78 is 1.76. The minimum atomic E-state index is -1.22. The van der Waals surface area contributed by atoms with Crippen molar-refractivity contribution in [3.63, 3.8) is 0 Å². The predicted octanol–water partition coefficient (Wildman–Crippen LogP) is 0.473. The molecule has 4 atom stereocenters. The Balaban J connectivity index is 1.44. The van der Waals surface area contributed by atoms with Gasteiger partial charge in [-0.3, -0.25) is 4.79 Å². The van der Waals surface area contributed by atoms with Gasteiger partial charge < -0.3 is 19.9 Å². The average Bonchev–Trinajstić information content (AvgIpc) is 3.03. The maximum atomic E-state index is 12.3. The van der Waals surface area contributed by atoms with Gasteiger partial charge in [0.2, 0.25) is 5.91 Å². The van der Waals surface area contributed by atoms with Gasteiger partial charge in [-0.2, -0.15) is 0 Å². The molecule has 2 aliphatic rings. The zero-order valence-corrected chi connectivity index (χ0v) is 16.6. The highest BCUT2D eigenvalue weighted by molar-refractivity contribution is 8.17. The van der Waals surface area contributed by atoms with E-state index in [1.807, 2.05) is 54.9 Å². The molecular weight excluding hydrogens is 396 g/mol. The van der Waals surface area contributed by atoms with Gasteiger partial charge >= 0.3 is 0 Å². The Labute approximate surface area is 171 Å². The van der Waals surface area contributed by atoms with E-state index in [0.717, 1.165) is 17.0 Å². The first kappa shape index (κ1) is 19.3. The molecule has 4 rings (SSSR count). The summed E-state index contributed by atoms with van der Waals surface area (Å²) in [6.07, 6.45) is 4.38. The molecule has 1 amide bonds. The van der Waals surface area contributed by atoms with Crippen LogP contribution in [0.25, 0.3) is 0 Å². The largest absolute Gasteiger partial charge is 0.548 e. The van der Waals surface area contributed by atoms with Crippen molar-refractivity contribution in [2.24, 2.45) is 5.92 Å².